The van der Waals surface area contributed by atoms with Crippen molar-refractivity contribution in [1.29, 1.82) is 0 Å². The second-order valence-electron chi connectivity index (χ2n) is 4.93. The van der Waals surface area contributed by atoms with Gasteiger partial charge in [-0.25, -0.2) is 0 Å². The largest absolute Gasteiger partial charge is 0.493 e. The molecule has 2 aromatic carbocycles. The minimum atomic E-state index is 0.791. The third-order valence-corrected chi connectivity index (χ3v) is 3.66. The highest BCUT2D eigenvalue weighted by molar-refractivity contribution is 6.11. The van der Waals surface area contributed by atoms with Gasteiger partial charge in [0.2, 0.25) is 0 Å². The Kier molecular flexibility index (Phi) is 3.16. The van der Waals surface area contributed by atoms with E-state index in [0.717, 1.165) is 25.2 Å². The third-order valence-electron chi connectivity index (χ3n) is 3.66. The molecule has 3 aromatic rings. The molecular weight excluding hydrogens is 234 g/mol. The molecule has 0 aliphatic rings. The van der Waals surface area contributed by atoms with Crippen LogP contribution in [0.5, 0.6) is 5.75 Å². The maximum atomic E-state index is 5.97. The predicted molar refractivity (Wildman–Crippen MR) is 80.8 cm³/mol. The van der Waals surface area contributed by atoms with Crippen LogP contribution >= 0.6 is 0 Å². The maximum absolute atomic E-state index is 5.97. The molecule has 0 unspecified atom stereocenters. The molecule has 3 rings (SSSR count). The molecule has 0 aliphatic carbocycles. The Labute approximate surface area is 113 Å². The van der Waals surface area contributed by atoms with Crippen molar-refractivity contribution >= 4 is 21.8 Å². The van der Waals surface area contributed by atoms with Gasteiger partial charge in [-0.2, -0.15) is 0 Å². The lowest BCUT2D eigenvalue weighted by Gasteiger charge is -2.07. The van der Waals surface area contributed by atoms with Crippen molar-refractivity contribution in [2.75, 3.05) is 6.61 Å². The summed E-state index contributed by atoms with van der Waals surface area (Å²) in [5, 5.41) is 2.50. The highest BCUT2D eigenvalue weighted by Gasteiger charge is 2.11. The SMILES string of the molecule is CCCCOc1cccc2c1c1ccccc1n2C. The first-order valence-corrected chi connectivity index (χ1v) is 6.92. The number of aryl methyl sites for hydroxylation is 1. The second-order valence-corrected chi connectivity index (χ2v) is 4.93. The molecule has 98 valence electrons. The van der Waals surface area contributed by atoms with E-state index in [0.29, 0.717) is 0 Å². The van der Waals surface area contributed by atoms with E-state index in [4.69, 9.17) is 4.74 Å². The van der Waals surface area contributed by atoms with Gasteiger partial charge in [0.15, 0.2) is 0 Å². The summed E-state index contributed by atoms with van der Waals surface area (Å²) in [7, 11) is 2.11. The molecule has 0 bridgehead atoms. The first-order valence-electron chi connectivity index (χ1n) is 6.92. The van der Waals surface area contributed by atoms with E-state index < -0.39 is 0 Å². The van der Waals surface area contributed by atoms with E-state index in [-0.39, 0.29) is 0 Å². The smallest absolute Gasteiger partial charge is 0.129 e. The Morgan fingerprint density at radius 1 is 1.00 bits per heavy atom. The average molecular weight is 253 g/mol. The zero-order chi connectivity index (χ0) is 13.2. The van der Waals surface area contributed by atoms with Gasteiger partial charge in [-0.1, -0.05) is 37.6 Å². The Bertz CT molecular complexity index is 712. The molecule has 0 N–H and O–H groups in total. The lowest BCUT2D eigenvalue weighted by Crippen LogP contribution is -1.96. The number of nitrogens with zero attached hydrogens (tertiary/aromatic N) is 1. The number of hydrogen-bond acceptors (Lipinski definition) is 1. The van der Waals surface area contributed by atoms with Gasteiger partial charge in [0.05, 0.1) is 12.1 Å². The van der Waals surface area contributed by atoms with Crippen molar-refractivity contribution in [3.8, 4) is 5.75 Å². The fraction of sp³-hybridized carbons (Fsp3) is 0.294. The van der Waals surface area contributed by atoms with Crippen LogP contribution < -0.4 is 4.74 Å². The van der Waals surface area contributed by atoms with Crippen molar-refractivity contribution < 1.29 is 4.74 Å². The van der Waals surface area contributed by atoms with Crippen LogP contribution in [0.25, 0.3) is 21.8 Å². The molecule has 1 aromatic heterocycles. The fourth-order valence-electron chi connectivity index (χ4n) is 2.62. The lowest BCUT2D eigenvalue weighted by molar-refractivity contribution is 0.313. The van der Waals surface area contributed by atoms with Gasteiger partial charge < -0.3 is 9.30 Å². The number of aromatic nitrogens is 1. The molecule has 0 saturated carbocycles. The number of rotatable bonds is 4. The van der Waals surface area contributed by atoms with Gasteiger partial charge in [0.25, 0.3) is 0 Å². The van der Waals surface area contributed by atoms with E-state index in [1.807, 2.05) is 0 Å². The standard InChI is InChI=1S/C17H19NO/c1-3-4-12-19-16-11-7-10-15-17(16)13-8-5-6-9-14(13)18(15)2/h5-11H,3-4,12H2,1-2H3. The molecule has 0 aliphatic heterocycles. The summed E-state index contributed by atoms with van der Waals surface area (Å²) in [6.07, 6.45) is 2.26. The molecule has 1 heterocycles. The normalized spacial score (nSPS) is 11.3. The highest BCUT2D eigenvalue weighted by Crippen LogP contribution is 2.34. The molecule has 0 amide bonds. The first kappa shape index (κ1) is 12.1. The minimum absolute atomic E-state index is 0.791. The number of benzene rings is 2. The summed E-state index contributed by atoms with van der Waals surface area (Å²) >= 11 is 0. The van der Waals surface area contributed by atoms with Crippen molar-refractivity contribution in [2.24, 2.45) is 7.05 Å². The van der Waals surface area contributed by atoms with Crippen LogP contribution in [0.3, 0.4) is 0 Å². The number of ether oxygens (including phenoxy) is 1. The van der Waals surface area contributed by atoms with E-state index in [1.54, 1.807) is 0 Å². The summed E-state index contributed by atoms with van der Waals surface area (Å²) in [5.41, 5.74) is 2.49. The molecule has 2 heteroatoms. The van der Waals surface area contributed by atoms with Gasteiger partial charge in [-0.05, 0) is 24.6 Å². The van der Waals surface area contributed by atoms with E-state index in [2.05, 4.69) is 61.0 Å². The van der Waals surface area contributed by atoms with E-state index in [9.17, 15) is 0 Å². The van der Waals surface area contributed by atoms with Crippen molar-refractivity contribution in [1.82, 2.24) is 4.57 Å². The summed E-state index contributed by atoms with van der Waals surface area (Å²) in [4.78, 5) is 0. The van der Waals surface area contributed by atoms with Crippen LogP contribution in [0, 0.1) is 0 Å². The minimum Gasteiger partial charge on any atom is -0.493 e. The van der Waals surface area contributed by atoms with Crippen LogP contribution in [0.15, 0.2) is 42.5 Å². The van der Waals surface area contributed by atoms with Crippen molar-refractivity contribution in [3.63, 3.8) is 0 Å². The van der Waals surface area contributed by atoms with Crippen molar-refractivity contribution in [2.45, 2.75) is 19.8 Å². The summed E-state index contributed by atoms with van der Waals surface area (Å²) in [6, 6.07) is 14.8. The Balaban J connectivity index is 2.20. The van der Waals surface area contributed by atoms with Gasteiger partial charge in [0.1, 0.15) is 5.75 Å². The van der Waals surface area contributed by atoms with Gasteiger partial charge >= 0.3 is 0 Å². The average Bonchev–Trinajstić information content (AvgIpc) is 2.74. The van der Waals surface area contributed by atoms with Crippen LogP contribution in [-0.4, -0.2) is 11.2 Å². The lowest BCUT2D eigenvalue weighted by atomic mass is 10.1. The van der Waals surface area contributed by atoms with Gasteiger partial charge in [-0.15, -0.1) is 0 Å². The van der Waals surface area contributed by atoms with Crippen LogP contribution in [0.4, 0.5) is 0 Å². The topological polar surface area (TPSA) is 14.2 Å². The summed E-state index contributed by atoms with van der Waals surface area (Å²) in [6.45, 7) is 2.97. The van der Waals surface area contributed by atoms with E-state index in [1.165, 1.54) is 21.8 Å². The molecule has 0 atom stereocenters. The second kappa shape index (κ2) is 4.96. The Hall–Kier alpha value is -1.96. The Morgan fingerprint density at radius 3 is 2.63 bits per heavy atom. The third kappa shape index (κ3) is 1.97. The first-order chi connectivity index (χ1) is 9.33. The molecule has 2 nitrogen and oxygen atoms in total. The molecular formula is C17H19NO. The monoisotopic (exact) mass is 253 g/mol. The van der Waals surface area contributed by atoms with E-state index >= 15 is 0 Å². The van der Waals surface area contributed by atoms with Crippen LogP contribution in [0.1, 0.15) is 19.8 Å². The molecule has 19 heavy (non-hydrogen) atoms. The number of para-hydroxylation sites is 1. The fourth-order valence-corrected chi connectivity index (χ4v) is 2.62. The zero-order valence-corrected chi connectivity index (χ0v) is 11.5. The molecule has 0 spiro atoms. The van der Waals surface area contributed by atoms with Gasteiger partial charge in [-0.3, -0.25) is 0 Å². The summed E-state index contributed by atoms with van der Waals surface area (Å²) in [5.74, 6) is 1.00. The zero-order valence-electron chi connectivity index (χ0n) is 11.5. The molecule has 0 fully saturated rings. The Morgan fingerprint density at radius 2 is 1.79 bits per heavy atom. The van der Waals surface area contributed by atoms with Crippen LogP contribution in [-0.2, 0) is 7.05 Å². The van der Waals surface area contributed by atoms with Crippen LogP contribution in [0.2, 0.25) is 0 Å². The predicted octanol–water partition coefficient (Wildman–Crippen LogP) is 4.51. The number of unbranched alkanes of at least 4 members (excludes halogenated alkanes) is 1. The molecule has 0 radical (unpaired) electrons. The van der Waals surface area contributed by atoms with Crippen molar-refractivity contribution in [3.05, 3.63) is 42.5 Å². The highest BCUT2D eigenvalue weighted by atomic mass is 16.5. The number of fused-ring (bicyclic) bond motifs is 3. The quantitative estimate of drug-likeness (QED) is 0.624. The summed E-state index contributed by atoms with van der Waals surface area (Å²) < 4.78 is 8.20. The maximum Gasteiger partial charge on any atom is 0.129 e. The van der Waals surface area contributed by atoms with Gasteiger partial charge in [0, 0.05) is 23.3 Å². The molecule has 0 saturated heterocycles. The number of hydrogen-bond donors (Lipinski definition) is 0.